The van der Waals surface area contributed by atoms with Crippen LogP contribution in [0.4, 0.5) is 5.69 Å². The predicted octanol–water partition coefficient (Wildman–Crippen LogP) is 4.15. The van der Waals surface area contributed by atoms with Crippen molar-refractivity contribution in [2.24, 2.45) is 4.99 Å². The summed E-state index contributed by atoms with van der Waals surface area (Å²) in [6, 6.07) is 5.79. The zero-order chi connectivity index (χ0) is 12.3. The fourth-order valence-corrected chi connectivity index (χ4v) is 2.64. The number of hydrogen-bond acceptors (Lipinski definition) is 2. The van der Waals surface area contributed by atoms with Crippen molar-refractivity contribution >= 4 is 28.6 Å². The number of rotatable bonds is 3. The lowest BCUT2D eigenvalue weighted by molar-refractivity contribution is 0.661. The van der Waals surface area contributed by atoms with E-state index in [-0.39, 0.29) is 0 Å². The minimum Gasteiger partial charge on any atom is -0.324 e. The Morgan fingerprint density at radius 3 is 2.94 bits per heavy atom. The number of aromatic nitrogens is 1. The van der Waals surface area contributed by atoms with E-state index in [0.29, 0.717) is 0 Å². The molecule has 1 heterocycles. The maximum atomic E-state index is 5.94. The molecule has 0 saturated heterocycles. The zero-order valence-corrected chi connectivity index (χ0v) is 11.6. The molecule has 0 saturated carbocycles. The highest BCUT2D eigenvalue weighted by Crippen LogP contribution is 2.21. The lowest BCUT2D eigenvalue weighted by Gasteiger charge is -2.01. The number of aryl methyl sites for hydroxylation is 2. The smallest absolute Gasteiger partial charge is 0.189 e. The van der Waals surface area contributed by atoms with Gasteiger partial charge in [-0.2, -0.15) is 0 Å². The van der Waals surface area contributed by atoms with E-state index >= 15 is 0 Å². The van der Waals surface area contributed by atoms with Gasteiger partial charge in [0.15, 0.2) is 4.80 Å². The van der Waals surface area contributed by atoms with E-state index in [1.165, 1.54) is 0 Å². The Bertz CT molecular complexity index is 569. The van der Waals surface area contributed by atoms with E-state index in [2.05, 4.69) is 28.1 Å². The molecule has 2 rings (SSSR count). The molecule has 1 aromatic heterocycles. The summed E-state index contributed by atoms with van der Waals surface area (Å²) in [7, 11) is 0. The van der Waals surface area contributed by atoms with Crippen LogP contribution in [0.25, 0.3) is 0 Å². The Balaban J connectivity index is 2.44. The summed E-state index contributed by atoms with van der Waals surface area (Å²) in [5, 5.41) is 2.83. The van der Waals surface area contributed by atoms with E-state index in [9.17, 15) is 0 Å². The van der Waals surface area contributed by atoms with Crippen LogP contribution in [0.1, 0.15) is 18.9 Å². The summed E-state index contributed by atoms with van der Waals surface area (Å²) in [5.74, 6) is 0. The van der Waals surface area contributed by atoms with Gasteiger partial charge in [-0.15, -0.1) is 11.3 Å². The van der Waals surface area contributed by atoms with Crippen LogP contribution >= 0.6 is 22.9 Å². The first-order chi connectivity index (χ1) is 8.20. The minimum atomic E-state index is 0.758. The Morgan fingerprint density at radius 1 is 1.41 bits per heavy atom. The molecule has 17 heavy (non-hydrogen) atoms. The van der Waals surface area contributed by atoms with Crippen LogP contribution in [0, 0.1) is 6.92 Å². The van der Waals surface area contributed by atoms with E-state index in [1.807, 2.05) is 25.1 Å². The van der Waals surface area contributed by atoms with Crippen LogP contribution in [-0.4, -0.2) is 4.57 Å². The lowest BCUT2D eigenvalue weighted by atomic mass is 10.2. The normalized spacial score (nSPS) is 12.1. The van der Waals surface area contributed by atoms with Gasteiger partial charge in [0.1, 0.15) is 0 Å². The summed E-state index contributed by atoms with van der Waals surface area (Å²) >= 11 is 7.60. The van der Waals surface area contributed by atoms with Crippen LogP contribution in [-0.2, 0) is 6.54 Å². The second-order valence-corrected chi connectivity index (χ2v) is 5.23. The SMILES string of the molecule is CCCn1ccsc1=Nc1ccc(Cl)cc1C. The van der Waals surface area contributed by atoms with Gasteiger partial charge in [0.05, 0.1) is 5.69 Å². The monoisotopic (exact) mass is 266 g/mol. The number of nitrogens with zero attached hydrogens (tertiary/aromatic N) is 2. The van der Waals surface area contributed by atoms with Crippen molar-refractivity contribution in [3.63, 3.8) is 0 Å². The molecule has 0 N–H and O–H groups in total. The molecule has 0 unspecified atom stereocenters. The van der Waals surface area contributed by atoms with Gasteiger partial charge in [-0.25, -0.2) is 4.99 Å². The molecule has 0 amide bonds. The molecular formula is C13H15ClN2S. The summed E-state index contributed by atoms with van der Waals surface area (Å²) < 4.78 is 2.18. The Hall–Kier alpha value is -1.06. The highest BCUT2D eigenvalue weighted by atomic mass is 35.5. The van der Waals surface area contributed by atoms with Crippen LogP contribution in [0.2, 0.25) is 5.02 Å². The summed E-state index contributed by atoms with van der Waals surface area (Å²) in [5.41, 5.74) is 2.09. The van der Waals surface area contributed by atoms with Crippen molar-refractivity contribution < 1.29 is 0 Å². The van der Waals surface area contributed by atoms with Crippen molar-refractivity contribution in [3.8, 4) is 0 Å². The van der Waals surface area contributed by atoms with E-state index in [0.717, 1.165) is 34.0 Å². The Labute approximate surface area is 110 Å². The maximum Gasteiger partial charge on any atom is 0.189 e. The van der Waals surface area contributed by atoms with Gasteiger partial charge < -0.3 is 4.57 Å². The fraction of sp³-hybridized carbons (Fsp3) is 0.308. The lowest BCUT2D eigenvalue weighted by Crippen LogP contribution is -2.13. The molecule has 0 bridgehead atoms. The molecule has 0 fully saturated rings. The average molecular weight is 267 g/mol. The molecule has 0 aliphatic rings. The molecule has 1 aromatic carbocycles. The topological polar surface area (TPSA) is 17.3 Å². The molecule has 4 heteroatoms. The molecule has 90 valence electrons. The van der Waals surface area contributed by atoms with Gasteiger partial charge in [0.2, 0.25) is 0 Å². The van der Waals surface area contributed by atoms with Gasteiger partial charge in [-0.1, -0.05) is 18.5 Å². The first-order valence-corrected chi connectivity index (χ1v) is 6.91. The van der Waals surface area contributed by atoms with Crippen LogP contribution in [0.3, 0.4) is 0 Å². The molecule has 0 atom stereocenters. The maximum absolute atomic E-state index is 5.94. The zero-order valence-electron chi connectivity index (χ0n) is 9.98. The minimum absolute atomic E-state index is 0.758. The summed E-state index contributed by atoms with van der Waals surface area (Å²) in [6.45, 7) is 5.21. The molecular weight excluding hydrogens is 252 g/mol. The number of benzene rings is 1. The highest BCUT2D eigenvalue weighted by Gasteiger charge is 1.99. The third kappa shape index (κ3) is 2.99. The van der Waals surface area contributed by atoms with Crippen molar-refractivity contribution in [2.75, 3.05) is 0 Å². The van der Waals surface area contributed by atoms with Crippen LogP contribution < -0.4 is 4.80 Å². The van der Waals surface area contributed by atoms with E-state index in [4.69, 9.17) is 11.6 Å². The Morgan fingerprint density at radius 2 is 2.24 bits per heavy atom. The van der Waals surface area contributed by atoms with Crippen molar-refractivity contribution in [3.05, 3.63) is 45.2 Å². The number of hydrogen-bond donors (Lipinski definition) is 0. The van der Waals surface area contributed by atoms with Crippen LogP contribution in [0.15, 0.2) is 34.8 Å². The molecule has 0 radical (unpaired) electrons. The third-order valence-electron chi connectivity index (χ3n) is 2.50. The van der Waals surface area contributed by atoms with Crippen molar-refractivity contribution in [1.82, 2.24) is 4.57 Å². The van der Waals surface area contributed by atoms with Crippen LogP contribution in [0.5, 0.6) is 0 Å². The van der Waals surface area contributed by atoms with Gasteiger partial charge in [-0.05, 0) is 37.1 Å². The molecule has 2 aromatic rings. The largest absolute Gasteiger partial charge is 0.324 e. The van der Waals surface area contributed by atoms with E-state index in [1.54, 1.807) is 11.3 Å². The van der Waals surface area contributed by atoms with Crippen molar-refractivity contribution in [2.45, 2.75) is 26.8 Å². The second-order valence-electron chi connectivity index (χ2n) is 3.92. The van der Waals surface area contributed by atoms with Gasteiger partial charge in [0.25, 0.3) is 0 Å². The quantitative estimate of drug-likeness (QED) is 0.794. The predicted molar refractivity (Wildman–Crippen MR) is 74.0 cm³/mol. The second kappa shape index (κ2) is 5.52. The van der Waals surface area contributed by atoms with Crippen molar-refractivity contribution in [1.29, 1.82) is 0 Å². The first kappa shape index (κ1) is 12.4. The highest BCUT2D eigenvalue weighted by molar-refractivity contribution is 7.07. The first-order valence-electron chi connectivity index (χ1n) is 5.65. The average Bonchev–Trinajstić information content (AvgIpc) is 2.71. The number of halogens is 1. The van der Waals surface area contributed by atoms with Gasteiger partial charge >= 0.3 is 0 Å². The Kier molecular flexibility index (Phi) is 4.02. The van der Waals surface area contributed by atoms with Gasteiger partial charge in [-0.3, -0.25) is 0 Å². The fourth-order valence-electron chi connectivity index (χ4n) is 1.65. The standard InChI is InChI=1S/C13H15ClN2S/c1-3-6-16-7-8-17-13(16)15-12-5-4-11(14)9-10(12)2/h4-5,7-9H,3,6H2,1-2H3. The number of thiazole rings is 1. The van der Waals surface area contributed by atoms with E-state index < -0.39 is 0 Å². The molecule has 0 aliphatic heterocycles. The third-order valence-corrected chi connectivity index (χ3v) is 3.53. The molecule has 0 aliphatic carbocycles. The molecule has 0 spiro atoms. The summed E-state index contributed by atoms with van der Waals surface area (Å²) in [6.07, 6.45) is 3.20. The van der Waals surface area contributed by atoms with Gasteiger partial charge in [0, 0.05) is 23.1 Å². The molecule has 2 nitrogen and oxygen atoms in total. The summed E-state index contributed by atoms with van der Waals surface area (Å²) in [4.78, 5) is 5.72.